The highest BCUT2D eigenvalue weighted by Gasteiger charge is 2.21. The Morgan fingerprint density at radius 3 is 1.74 bits per heavy atom. The summed E-state index contributed by atoms with van der Waals surface area (Å²) >= 11 is 0. The molecule has 286 valence electrons. The molecule has 0 saturated carbocycles. The Bertz CT molecular complexity index is 3540. The molecule has 0 atom stereocenters. The molecule has 0 aliphatic rings. The quantitative estimate of drug-likeness (QED) is 0.161. The average molecular weight is 779 g/mol. The number of fused-ring (bicyclic) bond motifs is 7. The Labute approximate surface area is 353 Å². The molecule has 12 aromatic rings. The molecular weight excluding hydrogens is 741 g/mol. The molecule has 12 rings (SSSR count). The fourth-order valence-electron chi connectivity index (χ4n) is 9.39. The third-order valence-corrected chi connectivity index (χ3v) is 12.2. The molecule has 3 nitrogen and oxygen atoms in total. The fourth-order valence-corrected chi connectivity index (χ4v) is 9.39. The van der Waals surface area contributed by atoms with Crippen molar-refractivity contribution in [2.24, 2.45) is 0 Å². The lowest BCUT2D eigenvalue weighted by Gasteiger charge is -2.29. The third-order valence-electron chi connectivity index (χ3n) is 12.2. The minimum Gasteiger partial charge on any atom is -0.455 e. The number of furan rings is 1. The number of benzene rings is 10. The summed E-state index contributed by atoms with van der Waals surface area (Å²) in [5.41, 5.74) is 15.2. The van der Waals surface area contributed by atoms with Crippen LogP contribution in [0.4, 0.5) is 17.1 Å². The van der Waals surface area contributed by atoms with Crippen molar-refractivity contribution in [1.29, 1.82) is 0 Å². The van der Waals surface area contributed by atoms with Crippen LogP contribution in [-0.4, -0.2) is 4.57 Å². The van der Waals surface area contributed by atoms with Crippen molar-refractivity contribution in [3.8, 4) is 39.1 Å². The van der Waals surface area contributed by atoms with Gasteiger partial charge in [0.2, 0.25) is 0 Å². The summed E-state index contributed by atoms with van der Waals surface area (Å²) in [5.74, 6) is 0. The molecule has 0 aliphatic heterocycles. The van der Waals surface area contributed by atoms with Crippen molar-refractivity contribution in [2.75, 3.05) is 4.90 Å². The largest absolute Gasteiger partial charge is 0.455 e. The second kappa shape index (κ2) is 14.3. The van der Waals surface area contributed by atoms with Gasteiger partial charge in [0.15, 0.2) is 0 Å². The number of anilines is 3. The van der Waals surface area contributed by atoms with E-state index in [1.807, 2.05) is 12.1 Å². The normalized spacial score (nSPS) is 11.6. The molecule has 2 heterocycles. The number of hydrogen-bond donors (Lipinski definition) is 0. The number of nitrogens with zero attached hydrogens (tertiary/aromatic N) is 2. The van der Waals surface area contributed by atoms with Crippen molar-refractivity contribution < 1.29 is 4.42 Å². The van der Waals surface area contributed by atoms with Gasteiger partial charge in [-0.2, -0.15) is 0 Å². The predicted octanol–water partition coefficient (Wildman–Crippen LogP) is 16.3. The van der Waals surface area contributed by atoms with E-state index in [9.17, 15) is 0 Å². The topological polar surface area (TPSA) is 21.3 Å². The van der Waals surface area contributed by atoms with Gasteiger partial charge in [0.25, 0.3) is 0 Å². The molecule has 0 saturated heterocycles. The van der Waals surface area contributed by atoms with Crippen LogP contribution in [-0.2, 0) is 0 Å². The van der Waals surface area contributed by atoms with Gasteiger partial charge in [-0.25, -0.2) is 0 Å². The van der Waals surface area contributed by atoms with Gasteiger partial charge in [0, 0.05) is 49.7 Å². The molecule has 0 N–H and O–H groups in total. The lowest BCUT2D eigenvalue weighted by Crippen LogP contribution is -2.12. The van der Waals surface area contributed by atoms with Gasteiger partial charge in [-0.3, -0.25) is 0 Å². The van der Waals surface area contributed by atoms with E-state index in [0.29, 0.717) is 0 Å². The van der Waals surface area contributed by atoms with Gasteiger partial charge < -0.3 is 13.9 Å². The zero-order chi connectivity index (χ0) is 40.3. The monoisotopic (exact) mass is 778 g/mol. The zero-order valence-corrected chi connectivity index (χ0v) is 33.2. The molecule has 0 amide bonds. The third kappa shape index (κ3) is 5.82. The number of rotatable bonds is 7. The first-order valence-electron chi connectivity index (χ1n) is 20.8. The van der Waals surface area contributed by atoms with Crippen LogP contribution in [0.2, 0.25) is 0 Å². The zero-order valence-electron chi connectivity index (χ0n) is 33.2. The maximum atomic E-state index is 6.58. The van der Waals surface area contributed by atoms with E-state index >= 15 is 0 Å². The lowest BCUT2D eigenvalue weighted by molar-refractivity contribution is 0.670. The molecule has 0 aliphatic carbocycles. The Kier molecular flexibility index (Phi) is 8.17. The molecule has 0 fully saturated rings. The van der Waals surface area contributed by atoms with Crippen molar-refractivity contribution >= 4 is 71.6 Å². The Morgan fingerprint density at radius 2 is 0.934 bits per heavy atom. The van der Waals surface area contributed by atoms with Crippen LogP contribution >= 0.6 is 0 Å². The van der Waals surface area contributed by atoms with Gasteiger partial charge in [-0.05, 0) is 93.7 Å². The summed E-state index contributed by atoms with van der Waals surface area (Å²) in [6.45, 7) is 0. The van der Waals surface area contributed by atoms with Gasteiger partial charge in [0.1, 0.15) is 11.2 Å². The van der Waals surface area contributed by atoms with E-state index in [0.717, 1.165) is 72.5 Å². The van der Waals surface area contributed by atoms with Crippen molar-refractivity contribution in [3.63, 3.8) is 0 Å². The highest BCUT2D eigenvalue weighted by atomic mass is 16.3. The first kappa shape index (κ1) is 34.9. The predicted molar refractivity (Wildman–Crippen MR) is 257 cm³/mol. The van der Waals surface area contributed by atoms with E-state index < -0.39 is 0 Å². The SMILES string of the molecule is c1ccc(-c2ccc(-c3cccc4ccccc34)cc2N(c2ccc(-n3c4ccccc4c4ccccc43)cc2)c2cccc(-c3cccc4c3oc3ccccc34)c2)cc1. The summed E-state index contributed by atoms with van der Waals surface area (Å²) in [6.07, 6.45) is 0. The molecule has 3 heteroatoms. The summed E-state index contributed by atoms with van der Waals surface area (Å²) in [5, 5.41) is 7.18. The number of hydrogen-bond acceptors (Lipinski definition) is 2. The van der Waals surface area contributed by atoms with E-state index in [1.165, 1.54) is 38.1 Å². The van der Waals surface area contributed by atoms with Crippen molar-refractivity contribution in [3.05, 3.63) is 231 Å². The minimum absolute atomic E-state index is 0.892. The van der Waals surface area contributed by atoms with E-state index in [2.05, 4.69) is 228 Å². The van der Waals surface area contributed by atoms with Crippen LogP contribution in [0.5, 0.6) is 0 Å². The van der Waals surface area contributed by atoms with E-state index in [1.54, 1.807) is 0 Å². The van der Waals surface area contributed by atoms with Gasteiger partial charge in [-0.1, -0.05) is 170 Å². The highest BCUT2D eigenvalue weighted by Crippen LogP contribution is 2.46. The maximum Gasteiger partial charge on any atom is 0.143 e. The molecule has 0 radical (unpaired) electrons. The number of aromatic nitrogens is 1. The average Bonchev–Trinajstić information content (AvgIpc) is 3.88. The molecule has 10 aromatic carbocycles. The van der Waals surface area contributed by atoms with Crippen LogP contribution in [0.1, 0.15) is 0 Å². The Hall–Kier alpha value is -8.14. The smallest absolute Gasteiger partial charge is 0.143 e. The summed E-state index contributed by atoms with van der Waals surface area (Å²) in [6, 6.07) is 83.0. The summed E-state index contributed by atoms with van der Waals surface area (Å²) in [7, 11) is 0. The van der Waals surface area contributed by atoms with Crippen LogP contribution < -0.4 is 4.90 Å². The molecule has 0 spiro atoms. The van der Waals surface area contributed by atoms with Crippen molar-refractivity contribution in [1.82, 2.24) is 4.57 Å². The highest BCUT2D eigenvalue weighted by molar-refractivity contribution is 6.11. The second-order valence-corrected chi connectivity index (χ2v) is 15.7. The Balaban J connectivity index is 1.09. The van der Waals surface area contributed by atoms with Gasteiger partial charge in [0.05, 0.1) is 16.7 Å². The summed E-state index contributed by atoms with van der Waals surface area (Å²) < 4.78 is 8.96. The molecule has 0 bridgehead atoms. The molecular formula is C58H38N2O. The van der Waals surface area contributed by atoms with E-state index in [4.69, 9.17) is 4.42 Å². The Morgan fingerprint density at radius 1 is 0.344 bits per heavy atom. The van der Waals surface area contributed by atoms with Gasteiger partial charge >= 0.3 is 0 Å². The maximum absolute atomic E-state index is 6.58. The second-order valence-electron chi connectivity index (χ2n) is 15.7. The molecule has 2 aromatic heterocycles. The van der Waals surface area contributed by atoms with Crippen LogP contribution in [0.25, 0.3) is 93.6 Å². The van der Waals surface area contributed by atoms with Gasteiger partial charge in [-0.15, -0.1) is 0 Å². The lowest BCUT2D eigenvalue weighted by atomic mass is 9.94. The molecule has 61 heavy (non-hydrogen) atoms. The van der Waals surface area contributed by atoms with Crippen LogP contribution in [0, 0.1) is 0 Å². The van der Waals surface area contributed by atoms with Crippen molar-refractivity contribution in [2.45, 2.75) is 0 Å². The number of para-hydroxylation sites is 4. The molecule has 0 unspecified atom stereocenters. The fraction of sp³-hybridized carbons (Fsp3) is 0. The first-order chi connectivity index (χ1) is 30.3. The summed E-state index contributed by atoms with van der Waals surface area (Å²) in [4.78, 5) is 2.43. The van der Waals surface area contributed by atoms with Crippen LogP contribution in [0.15, 0.2) is 235 Å². The standard InChI is InChI=1S/C58H38N2O/c1-2-15-40(16-3-1)48-36-31-42(47-25-13-18-39-17-4-5-21-46(39)47)38-56(48)59(43-32-34-44(35-33-43)60-54-28-9-6-22-50(54)51-23-7-10-29-55(51)60)45-20-12-19-41(37-45)49-26-14-27-53-52-24-8-11-30-57(52)61-58(49)53/h1-38H. The minimum atomic E-state index is 0.892. The first-order valence-corrected chi connectivity index (χ1v) is 20.8. The van der Waals surface area contributed by atoms with E-state index in [-0.39, 0.29) is 0 Å². The van der Waals surface area contributed by atoms with Crippen LogP contribution in [0.3, 0.4) is 0 Å².